The fourth-order valence-electron chi connectivity index (χ4n) is 4.38. The van der Waals surface area contributed by atoms with Crippen LogP contribution in [0.5, 0.6) is 0 Å². The van der Waals surface area contributed by atoms with Crippen LogP contribution in [0.15, 0.2) is 28.8 Å². The zero-order valence-electron chi connectivity index (χ0n) is 19.1. The van der Waals surface area contributed by atoms with Gasteiger partial charge in [0.15, 0.2) is 0 Å². The lowest BCUT2D eigenvalue weighted by Crippen LogP contribution is -2.52. The lowest BCUT2D eigenvalue weighted by Gasteiger charge is -2.37. The third-order valence-electron chi connectivity index (χ3n) is 6.40. The summed E-state index contributed by atoms with van der Waals surface area (Å²) in [5, 5.41) is 7.19. The molecule has 2 aliphatic rings. The van der Waals surface area contributed by atoms with E-state index in [-0.39, 0.29) is 11.9 Å². The third-order valence-corrected chi connectivity index (χ3v) is 6.40. The third kappa shape index (κ3) is 5.94. The minimum absolute atomic E-state index is 0.00297. The van der Waals surface area contributed by atoms with Gasteiger partial charge in [-0.2, -0.15) is 4.98 Å². The molecule has 0 bridgehead atoms. The van der Waals surface area contributed by atoms with Gasteiger partial charge in [0.25, 0.3) is 0 Å². The second kappa shape index (κ2) is 11.0. The Labute approximate surface area is 189 Å². The molecular formula is C24H34N4O4. The highest BCUT2D eigenvalue weighted by Crippen LogP contribution is 2.22. The molecule has 2 fully saturated rings. The first-order valence-electron chi connectivity index (χ1n) is 11.7. The van der Waals surface area contributed by atoms with Gasteiger partial charge >= 0.3 is 0 Å². The number of nitrogens with one attached hydrogen (secondary N) is 1. The number of amides is 1. The van der Waals surface area contributed by atoms with Gasteiger partial charge in [-0.15, -0.1) is 0 Å². The lowest BCUT2D eigenvalue weighted by molar-refractivity contribution is -0.121. The van der Waals surface area contributed by atoms with Crippen molar-refractivity contribution in [3.63, 3.8) is 0 Å². The van der Waals surface area contributed by atoms with E-state index in [4.69, 9.17) is 14.0 Å². The van der Waals surface area contributed by atoms with Crippen LogP contribution in [0.2, 0.25) is 0 Å². The highest BCUT2D eigenvalue weighted by Gasteiger charge is 2.31. The number of carbonyl (C=O) groups is 1. The number of morpholine rings is 1. The first kappa shape index (κ1) is 22.9. The molecule has 2 aliphatic heterocycles. The number of nitrogens with zero attached hydrogens (tertiary/aromatic N) is 3. The molecule has 0 spiro atoms. The van der Waals surface area contributed by atoms with Crippen LogP contribution < -0.4 is 5.32 Å². The van der Waals surface area contributed by atoms with E-state index in [0.29, 0.717) is 42.9 Å². The Morgan fingerprint density at radius 1 is 1.16 bits per heavy atom. The molecule has 2 saturated heterocycles. The summed E-state index contributed by atoms with van der Waals surface area (Å²) in [5.74, 6) is 1.98. The summed E-state index contributed by atoms with van der Waals surface area (Å²) in [4.78, 5) is 19.4. The van der Waals surface area contributed by atoms with E-state index in [0.717, 1.165) is 51.5 Å². The Hall–Kier alpha value is -2.29. The second-order valence-electron chi connectivity index (χ2n) is 8.93. The molecule has 0 radical (unpaired) electrons. The van der Waals surface area contributed by atoms with E-state index < -0.39 is 0 Å². The predicted molar refractivity (Wildman–Crippen MR) is 120 cm³/mol. The van der Waals surface area contributed by atoms with Crippen molar-refractivity contribution in [1.29, 1.82) is 0 Å². The molecule has 1 aromatic heterocycles. The first-order valence-corrected chi connectivity index (χ1v) is 11.7. The molecule has 32 heavy (non-hydrogen) atoms. The Morgan fingerprint density at radius 3 is 2.62 bits per heavy atom. The molecule has 2 atom stereocenters. The van der Waals surface area contributed by atoms with Crippen LogP contribution in [0.3, 0.4) is 0 Å². The standard InChI is InChI=1S/C24H34N4O4/c1-17(2)18-3-5-19(6-4-18)24-26-23(32-27-24)8-7-22(29)25-15-21(20-9-12-31-16-20)28-10-13-30-14-11-28/h3-6,17,20-21H,7-16H2,1-2H3,(H,25,29). The quantitative estimate of drug-likeness (QED) is 0.638. The number of rotatable bonds is 9. The van der Waals surface area contributed by atoms with Gasteiger partial charge in [-0.05, 0) is 17.9 Å². The minimum Gasteiger partial charge on any atom is -0.381 e. The van der Waals surface area contributed by atoms with Crippen molar-refractivity contribution in [3.8, 4) is 11.4 Å². The molecule has 174 valence electrons. The molecule has 2 aromatic rings. The van der Waals surface area contributed by atoms with Crippen molar-refractivity contribution in [2.24, 2.45) is 5.92 Å². The van der Waals surface area contributed by atoms with Crippen molar-refractivity contribution in [2.45, 2.75) is 45.1 Å². The maximum absolute atomic E-state index is 12.5. The SMILES string of the molecule is CC(C)c1ccc(-c2noc(CCC(=O)NCC(C3CCOC3)N3CCOCC3)n2)cc1. The maximum Gasteiger partial charge on any atom is 0.227 e. The Balaban J connectivity index is 1.27. The number of carbonyl (C=O) groups excluding carboxylic acids is 1. The van der Waals surface area contributed by atoms with Gasteiger partial charge in [0.2, 0.25) is 17.6 Å². The van der Waals surface area contributed by atoms with E-state index in [1.54, 1.807) is 0 Å². The molecule has 0 saturated carbocycles. The van der Waals surface area contributed by atoms with Gasteiger partial charge in [-0.1, -0.05) is 43.3 Å². The van der Waals surface area contributed by atoms with Crippen LogP contribution >= 0.6 is 0 Å². The molecule has 8 heteroatoms. The molecule has 8 nitrogen and oxygen atoms in total. The van der Waals surface area contributed by atoms with Crippen LogP contribution in [0.25, 0.3) is 11.4 Å². The van der Waals surface area contributed by atoms with Gasteiger partial charge in [-0.3, -0.25) is 9.69 Å². The maximum atomic E-state index is 12.5. The van der Waals surface area contributed by atoms with Crippen molar-refractivity contribution in [2.75, 3.05) is 46.1 Å². The van der Waals surface area contributed by atoms with Crippen LogP contribution in [-0.4, -0.2) is 73.1 Å². The summed E-state index contributed by atoms with van der Waals surface area (Å²) < 4.78 is 16.5. The van der Waals surface area contributed by atoms with Gasteiger partial charge < -0.3 is 19.3 Å². The highest BCUT2D eigenvalue weighted by atomic mass is 16.5. The fourth-order valence-corrected chi connectivity index (χ4v) is 4.38. The Bertz CT molecular complexity index is 855. The average molecular weight is 443 g/mol. The largest absolute Gasteiger partial charge is 0.381 e. The smallest absolute Gasteiger partial charge is 0.227 e. The van der Waals surface area contributed by atoms with E-state index in [9.17, 15) is 4.79 Å². The van der Waals surface area contributed by atoms with Crippen LogP contribution in [0.1, 0.15) is 44.1 Å². The first-order chi connectivity index (χ1) is 15.6. The van der Waals surface area contributed by atoms with E-state index in [2.05, 4.69) is 46.3 Å². The van der Waals surface area contributed by atoms with Gasteiger partial charge in [0, 0.05) is 56.6 Å². The van der Waals surface area contributed by atoms with Crippen LogP contribution in [-0.2, 0) is 20.7 Å². The number of aromatic nitrogens is 2. The zero-order chi connectivity index (χ0) is 22.3. The summed E-state index contributed by atoms with van der Waals surface area (Å²) >= 11 is 0. The number of ether oxygens (including phenoxy) is 2. The van der Waals surface area contributed by atoms with E-state index in [1.165, 1.54) is 5.56 Å². The molecule has 3 heterocycles. The highest BCUT2D eigenvalue weighted by molar-refractivity contribution is 5.76. The predicted octanol–water partition coefficient (Wildman–Crippen LogP) is 2.65. The monoisotopic (exact) mass is 442 g/mol. The van der Waals surface area contributed by atoms with Gasteiger partial charge in [0.05, 0.1) is 19.8 Å². The summed E-state index contributed by atoms with van der Waals surface area (Å²) in [6.45, 7) is 9.83. The molecule has 0 aliphatic carbocycles. The lowest BCUT2D eigenvalue weighted by atomic mass is 9.97. The Kier molecular flexibility index (Phi) is 7.89. The van der Waals surface area contributed by atoms with Crippen LogP contribution in [0, 0.1) is 5.92 Å². The van der Waals surface area contributed by atoms with E-state index in [1.807, 2.05) is 12.1 Å². The average Bonchev–Trinajstić information content (AvgIpc) is 3.51. The summed E-state index contributed by atoms with van der Waals surface area (Å²) in [5.41, 5.74) is 2.19. The molecule has 1 amide bonds. The number of hydrogen-bond donors (Lipinski definition) is 1. The van der Waals surface area contributed by atoms with Gasteiger partial charge in [0.1, 0.15) is 0 Å². The van der Waals surface area contributed by atoms with Gasteiger partial charge in [-0.25, -0.2) is 0 Å². The topological polar surface area (TPSA) is 89.7 Å². The molecule has 2 unspecified atom stereocenters. The number of hydrogen-bond acceptors (Lipinski definition) is 7. The van der Waals surface area contributed by atoms with Crippen molar-refractivity contribution in [3.05, 3.63) is 35.7 Å². The van der Waals surface area contributed by atoms with Crippen molar-refractivity contribution < 1.29 is 18.8 Å². The normalized spacial score (nSPS) is 20.5. The van der Waals surface area contributed by atoms with Crippen molar-refractivity contribution in [1.82, 2.24) is 20.4 Å². The fraction of sp³-hybridized carbons (Fsp3) is 0.625. The summed E-state index contributed by atoms with van der Waals surface area (Å²) in [6, 6.07) is 8.48. The van der Waals surface area contributed by atoms with Crippen LogP contribution in [0.4, 0.5) is 0 Å². The minimum atomic E-state index is 0.00297. The zero-order valence-corrected chi connectivity index (χ0v) is 19.1. The number of aryl methyl sites for hydroxylation is 1. The molecular weight excluding hydrogens is 408 g/mol. The summed E-state index contributed by atoms with van der Waals surface area (Å²) in [7, 11) is 0. The Morgan fingerprint density at radius 2 is 1.94 bits per heavy atom. The van der Waals surface area contributed by atoms with Crippen molar-refractivity contribution >= 4 is 5.91 Å². The summed E-state index contributed by atoms with van der Waals surface area (Å²) in [6.07, 6.45) is 1.80. The van der Waals surface area contributed by atoms with E-state index >= 15 is 0 Å². The molecule has 1 aromatic carbocycles. The second-order valence-corrected chi connectivity index (χ2v) is 8.93. The molecule has 1 N–H and O–H groups in total. The number of benzene rings is 1. The molecule has 4 rings (SSSR count).